The summed E-state index contributed by atoms with van der Waals surface area (Å²) < 4.78 is 11.5. The molecule has 2 aliphatic heterocycles. The van der Waals surface area contributed by atoms with Crippen LogP contribution in [0.5, 0.6) is 11.5 Å². The molecule has 0 atom stereocenters. The van der Waals surface area contributed by atoms with Crippen molar-refractivity contribution in [1.82, 2.24) is 9.80 Å². The van der Waals surface area contributed by atoms with Gasteiger partial charge in [0, 0.05) is 37.4 Å². The van der Waals surface area contributed by atoms with Crippen molar-refractivity contribution in [1.29, 1.82) is 5.41 Å². The van der Waals surface area contributed by atoms with Gasteiger partial charge in [-0.05, 0) is 151 Å². The van der Waals surface area contributed by atoms with Gasteiger partial charge in [0.25, 0.3) is 0 Å². The van der Waals surface area contributed by atoms with Gasteiger partial charge in [-0.15, -0.1) is 0 Å². The summed E-state index contributed by atoms with van der Waals surface area (Å²) in [5.74, 6) is 3.40. The average molecular weight is 655 g/mol. The van der Waals surface area contributed by atoms with E-state index in [4.69, 9.17) is 41.8 Å². The molecular weight excluding hydrogens is 596 g/mol. The molecular formula is C36H58N6O5. The number of aliphatic hydroxyl groups excluding tert-OH is 2. The maximum Gasteiger partial charge on any atom is 0.170 e. The molecule has 2 aromatic carbocycles. The fourth-order valence-corrected chi connectivity index (χ4v) is 6.22. The number of oxime groups is 1. The van der Waals surface area contributed by atoms with E-state index in [-0.39, 0.29) is 11.7 Å². The lowest BCUT2D eigenvalue weighted by atomic mass is 9.92. The van der Waals surface area contributed by atoms with Crippen LogP contribution in [-0.4, -0.2) is 103 Å². The number of piperidine rings is 2. The number of rotatable bonds is 18. The maximum absolute atomic E-state index is 8.89. The Morgan fingerprint density at radius 3 is 1.45 bits per heavy atom. The smallest absolute Gasteiger partial charge is 0.170 e. The molecule has 0 bridgehead atoms. The van der Waals surface area contributed by atoms with Crippen LogP contribution in [0.4, 0.5) is 0 Å². The van der Waals surface area contributed by atoms with Gasteiger partial charge in [-0.25, -0.2) is 0 Å². The normalized spacial score (nSPS) is 16.8. The Morgan fingerprint density at radius 1 is 0.681 bits per heavy atom. The first kappa shape index (κ1) is 38.1. The van der Waals surface area contributed by atoms with Gasteiger partial charge in [0.2, 0.25) is 0 Å². The van der Waals surface area contributed by atoms with E-state index >= 15 is 0 Å². The first-order chi connectivity index (χ1) is 22.9. The highest BCUT2D eigenvalue weighted by atomic mass is 16.5. The fraction of sp³-hybridized carbons (Fsp3) is 0.611. The standard InChI is InChI=1S/C18H29N3O3.C18H29N3O2/c19-18(20-23)16-4-6-17(7-5-16)24-14-2-10-21-11-8-15(9-12-21)3-1-13-22;19-18(20)16-4-6-17(7-5-16)23-14-2-10-21-11-8-15(9-12-21)3-1-13-22/h4-7,15,22-23H,1-3,8-14H2,(H2,19,20);4-7,15,22H,1-3,8-14H2,(H3,19,20). The molecule has 2 saturated heterocycles. The van der Waals surface area contributed by atoms with Gasteiger partial charge in [-0.2, -0.15) is 0 Å². The van der Waals surface area contributed by atoms with Crippen LogP contribution in [0.1, 0.15) is 75.3 Å². The highest BCUT2D eigenvalue weighted by Crippen LogP contribution is 2.23. The minimum absolute atomic E-state index is 0.0824. The van der Waals surface area contributed by atoms with Gasteiger partial charge >= 0.3 is 0 Å². The number of ether oxygens (including phenoxy) is 2. The highest BCUT2D eigenvalue weighted by molar-refractivity contribution is 5.97. The topological polar surface area (TPSA) is 174 Å². The summed E-state index contributed by atoms with van der Waals surface area (Å²) in [6, 6.07) is 14.6. The third-order valence-electron chi connectivity index (χ3n) is 9.15. The fourth-order valence-electron chi connectivity index (χ4n) is 6.22. The number of benzene rings is 2. The number of nitrogens with zero attached hydrogens (tertiary/aromatic N) is 3. The molecule has 0 unspecified atom stereocenters. The van der Waals surface area contributed by atoms with Crippen molar-refractivity contribution in [3.63, 3.8) is 0 Å². The number of hydrogen-bond donors (Lipinski definition) is 6. The lowest BCUT2D eigenvalue weighted by molar-refractivity contribution is 0.160. The van der Waals surface area contributed by atoms with Crippen LogP contribution in [-0.2, 0) is 0 Å². The van der Waals surface area contributed by atoms with Crippen LogP contribution < -0.4 is 20.9 Å². The van der Waals surface area contributed by atoms with Crippen molar-refractivity contribution in [2.45, 2.75) is 64.2 Å². The van der Waals surface area contributed by atoms with Crippen molar-refractivity contribution >= 4 is 11.7 Å². The van der Waals surface area contributed by atoms with Crippen LogP contribution >= 0.6 is 0 Å². The molecule has 2 aliphatic rings. The third-order valence-corrected chi connectivity index (χ3v) is 9.15. The molecule has 0 radical (unpaired) electrons. The molecule has 0 saturated carbocycles. The number of nitrogens with one attached hydrogen (secondary N) is 1. The molecule has 0 aliphatic carbocycles. The van der Waals surface area contributed by atoms with E-state index in [9.17, 15) is 0 Å². The molecule has 11 nitrogen and oxygen atoms in total. The maximum atomic E-state index is 8.89. The van der Waals surface area contributed by atoms with Gasteiger partial charge < -0.3 is 46.2 Å². The Bertz CT molecular complexity index is 1150. The van der Waals surface area contributed by atoms with E-state index in [1.165, 1.54) is 45.2 Å². The molecule has 0 aromatic heterocycles. The molecule has 0 amide bonds. The van der Waals surface area contributed by atoms with E-state index < -0.39 is 0 Å². The summed E-state index contributed by atoms with van der Waals surface area (Å²) in [4.78, 5) is 5.01. The van der Waals surface area contributed by atoms with Gasteiger partial charge in [0.1, 0.15) is 17.3 Å². The Labute approximate surface area is 281 Å². The number of likely N-dealkylation sites (tertiary alicyclic amines) is 2. The number of hydrogen-bond acceptors (Lipinski definition) is 9. The van der Waals surface area contributed by atoms with E-state index in [2.05, 4.69) is 15.0 Å². The van der Waals surface area contributed by atoms with E-state index in [1.807, 2.05) is 36.4 Å². The minimum Gasteiger partial charge on any atom is -0.494 e. The van der Waals surface area contributed by atoms with Crippen LogP contribution in [0.2, 0.25) is 0 Å². The Kier molecular flexibility index (Phi) is 18.0. The molecule has 47 heavy (non-hydrogen) atoms. The van der Waals surface area contributed by atoms with Crippen molar-refractivity contribution in [3.8, 4) is 11.5 Å². The first-order valence-electron chi connectivity index (χ1n) is 17.4. The zero-order valence-corrected chi connectivity index (χ0v) is 28.1. The number of aliphatic hydroxyl groups is 2. The highest BCUT2D eigenvalue weighted by Gasteiger charge is 2.19. The van der Waals surface area contributed by atoms with Crippen LogP contribution in [0, 0.1) is 17.2 Å². The van der Waals surface area contributed by atoms with Crippen molar-refractivity contribution in [2.75, 3.05) is 65.7 Å². The van der Waals surface area contributed by atoms with Crippen molar-refractivity contribution < 1.29 is 24.9 Å². The van der Waals surface area contributed by atoms with Crippen LogP contribution in [0.25, 0.3) is 0 Å². The lowest BCUT2D eigenvalue weighted by Gasteiger charge is -2.31. The monoisotopic (exact) mass is 654 g/mol. The minimum atomic E-state index is 0.0824. The number of nitrogens with two attached hydrogens (primary N) is 2. The summed E-state index contributed by atoms with van der Waals surface area (Å²) in [6.45, 7) is 8.84. The van der Waals surface area contributed by atoms with Gasteiger partial charge in [-0.1, -0.05) is 5.16 Å². The van der Waals surface area contributed by atoms with Gasteiger partial charge in [-0.3, -0.25) is 5.41 Å². The third kappa shape index (κ3) is 14.9. The zero-order chi connectivity index (χ0) is 33.7. The molecule has 4 rings (SSSR count). The van der Waals surface area contributed by atoms with Gasteiger partial charge in [0.05, 0.1) is 13.2 Å². The zero-order valence-electron chi connectivity index (χ0n) is 28.1. The van der Waals surface area contributed by atoms with Crippen molar-refractivity contribution in [2.24, 2.45) is 28.5 Å². The Balaban J connectivity index is 0.000000256. The molecule has 2 fully saturated rings. The van der Waals surface area contributed by atoms with E-state index in [0.29, 0.717) is 32.0 Å². The summed E-state index contributed by atoms with van der Waals surface area (Å²) in [5.41, 5.74) is 12.4. The molecule has 8 N–H and O–H groups in total. The van der Waals surface area contributed by atoms with E-state index in [0.717, 1.165) is 87.2 Å². The summed E-state index contributed by atoms with van der Waals surface area (Å²) >= 11 is 0. The predicted molar refractivity (Wildman–Crippen MR) is 188 cm³/mol. The molecule has 0 spiro atoms. The second kappa shape index (κ2) is 22.2. The lowest BCUT2D eigenvalue weighted by Crippen LogP contribution is -2.35. The van der Waals surface area contributed by atoms with E-state index in [1.54, 1.807) is 12.1 Å². The number of amidine groups is 2. The summed E-state index contributed by atoms with van der Waals surface area (Å²) in [5, 5.41) is 36.7. The largest absolute Gasteiger partial charge is 0.494 e. The molecule has 2 heterocycles. The summed E-state index contributed by atoms with van der Waals surface area (Å²) in [6.07, 6.45) is 11.2. The quantitative estimate of drug-likeness (QED) is 0.0451. The Morgan fingerprint density at radius 2 is 1.09 bits per heavy atom. The Hall–Kier alpha value is -3.38. The average Bonchev–Trinajstić information content (AvgIpc) is 3.11. The van der Waals surface area contributed by atoms with Crippen molar-refractivity contribution in [3.05, 3.63) is 59.7 Å². The summed E-state index contributed by atoms with van der Waals surface area (Å²) in [7, 11) is 0. The van der Waals surface area contributed by atoms with Gasteiger partial charge in [0.15, 0.2) is 5.84 Å². The van der Waals surface area contributed by atoms with Crippen LogP contribution in [0.3, 0.4) is 0 Å². The molecule has 262 valence electrons. The first-order valence-corrected chi connectivity index (χ1v) is 17.4. The molecule has 2 aromatic rings. The van der Waals surface area contributed by atoms with Crippen LogP contribution in [0.15, 0.2) is 53.7 Å². The second-order valence-electron chi connectivity index (χ2n) is 12.7. The molecule has 11 heteroatoms. The number of nitrogen functional groups attached to an aromatic ring is 1. The predicted octanol–water partition coefficient (Wildman–Crippen LogP) is 4.26. The second-order valence-corrected chi connectivity index (χ2v) is 12.7. The SMILES string of the molecule is N/C(=N/O)c1ccc(OCCCN2CCC(CCCO)CC2)cc1.N=C(N)c1ccc(OCCCN2CCC(CCCO)CC2)cc1.